The van der Waals surface area contributed by atoms with Crippen LogP contribution in [0.4, 0.5) is 13.2 Å². The van der Waals surface area contributed by atoms with Crippen molar-refractivity contribution >= 4 is 21.7 Å². The number of para-hydroxylation sites is 1. The van der Waals surface area contributed by atoms with Gasteiger partial charge < -0.3 is 5.11 Å². The number of alkyl halides is 3. The van der Waals surface area contributed by atoms with Gasteiger partial charge in [0.2, 0.25) is 5.78 Å². The van der Waals surface area contributed by atoms with Crippen LogP contribution < -0.4 is 0 Å². The monoisotopic (exact) mass is 334 g/mol. The number of benzene rings is 1. The van der Waals surface area contributed by atoms with E-state index in [1.54, 1.807) is 5.10 Å². The van der Waals surface area contributed by atoms with Gasteiger partial charge in [-0.3, -0.25) is 9.89 Å². The van der Waals surface area contributed by atoms with Gasteiger partial charge in [0, 0.05) is 0 Å². The summed E-state index contributed by atoms with van der Waals surface area (Å²) in [5.41, 5.74) is -1.67. The van der Waals surface area contributed by atoms with Crippen LogP contribution in [0.2, 0.25) is 0 Å². The lowest BCUT2D eigenvalue weighted by Gasteiger charge is -2.03. The van der Waals surface area contributed by atoms with Crippen molar-refractivity contribution in [3.63, 3.8) is 0 Å². The fraction of sp³-hybridized carbons (Fsp3) is 0.0909. The maximum absolute atomic E-state index is 12.4. The SMILES string of the molecule is O=C(c1cc(C(F)(F)F)[nH]n1)c1cccc(Br)c1O. The molecule has 1 aromatic heterocycles. The summed E-state index contributed by atoms with van der Waals surface area (Å²) in [4.78, 5) is 11.9. The van der Waals surface area contributed by atoms with E-state index in [1.807, 2.05) is 0 Å². The lowest BCUT2D eigenvalue weighted by molar-refractivity contribution is -0.141. The van der Waals surface area contributed by atoms with Crippen molar-refractivity contribution in [2.24, 2.45) is 0 Å². The van der Waals surface area contributed by atoms with Crippen LogP contribution >= 0.6 is 15.9 Å². The number of phenols is 1. The minimum atomic E-state index is -4.61. The van der Waals surface area contributed by atoms with Crippen LogP contribution in [0.5, 0.6) is 5.75 Å². The second-order valence-corrected chi connectivity index (χ2v) is 4.48. The lowest BCUT2D eigenvalue weighted by Crippen LogP contribution is -2.05. The molecule has 0 aliphatic heterocycles. The van der Waals surface area contributed by atoms with E-state index in [-0.39, 0.29) is 15.8 Å². The Morgan fingerprint density at radius 2 is 2.05 bits per heavy atom. The number of aromatic hydroxyl groups is 1. The van der Waals surface area contributed by atoms with Crippen LogP contribution in [-0.2, 0) is 6.18 Å². The molecule has 0 unspecified atom stereocenters. The molecule has 0 radical (unpaired) electrons. The third-order valence-electron chi connectivity index (χ3n) is 2.35. The van der Waals surface area contributed by atoms with Crippen molar-refractivity contribution < 1.29 is 23.1 Å². The maximum Gasteiger partial charge on any atom is 0.432 e. The highest BCUT2D eigenvalue weighted by Gasteiger charge is 2.34. The van der Waals surface area contributed by atoms with E-state index in [9.17, 15) is 23.1 Å². The van der Waals surface area contributed by atoms with Gasteiger partial charge in [0.05, 0.1) is 10.0 Å². The van der Waals surface area contributed by atoms with Gasteiger partial charge in [0.25, 0.3) is 0 Å². The van der Waals surface area contributed by atoms with Crippen molar-refractivity contribution in [1.29, 1.82) is 0 Å². The molecule has 8 heteroatoms. The smallest absolute Gasteiger partial charge is 0.432 e. The van der Waals surface area contributed by atoms with Gasteiger partial charge in [-0.1, -0.05) is 6.07 Å². The number of carbonyl (C=O) groups is 1. The Kier molecular flexibility index (Phi) is 3.36. The molecule has 0 saturated carbocycles. The molecular weight excluding hydrogens is 329 g/mol. The van der Waals surface area contributed by atoms with E-state index < -0.39 is 23.3 Å². The number of rotatable bonds is 2. The quantitative estimate of drug-likeness (QED) is 0.829. The molecule has 2 N–H and O–H groups in total. The first kappa shape index (κ1) is 13.6. The molecule has 0 aliphatic carbocycles. The highest BCUT2D eigenvalue weighted by molar-refractivity contribution is 9.10. The van der Waals surface area contributed by atoms with Gasteiger partial charge >= 0.3 is 6.18 Å². The average Bonchev–Trinajstić information content (AvgIpc) is 2.81. The van der Waals surface area contributed by atoms with Crippen molar-refractivity contribution in [1.82, 2.24) is 10.2 Å². The van der Waals surface area contributed by atoms with Crippen LogP contribution in [0.25, 0.3) is 0 Å². The third-order valence-corrected chi connectivity index (χ3v) is 2.99. The number of carbonyl (C=O) groups excluding carboxylic acids is 1. The zero-order chi connectivity index (χ0) is 14.2. The molecule has 0 fully saturated rings. The number of halogens is 4. The molecule has 1 aromatic carbocycles. The third kappa shape index (κ3) is 2.62. The Bertz CT molecular complexity index is 637. The van der Waals surface area contributed by atoms with Gasteiger partial charge in [0.15, 0.2) is 0 Å². The lowest BCUT2D eigenvalue weighted by atomic mass is 10.1. The molecule has 0 atom stereocenters. The van der Waals surface area contributed by atoms with Crippen LogP contribution in [0.3, 0.4) is 0 Å². The summed E-state index contributed by atoms with van der Waals surface area (Å²) in [5, 5.41) is 14.7. The summed E-state index contributed by atoms with van der Waals surface area (Å²) in [5.74, 6) is -1.14. The van der Waals surface area contributed by atoms with Gasteiger partial charge in [-0.2, -0.15) is 18.3 Å². The number of nitrogens with one attached hydrogen (secondary N) is 1. The molecule has 0 saturated heterocycles. The predicted octanol–water partition coefficient (Wildman–Crippen LogP) is 3.13. The molecule has 0 amide bonds. The van der Waals surface area contributed by atoms with E-state index in [2.05, 4.69) is 21.0 Å². The number of hydrogen-bond donors (Lipinski definition) is 2. The molecule has 4 nitrogen and oxygen atoms in total. The molecule has 100 valence electrons. The van der Waals surface area contributed by atoms with Gasteiger partial charge in [-0.25, -0.2) is 0 Å². The zero-order valence-corrected chi connectivity index (χ0v) is 10.7. The summed E-state index contributed by atoms with van der Waals surface area (Å²) < 4.78 is 37.4. The standard InChI is InChI=1S/C11H6BrF3N2O2/c12-6-3-1-2-5(9(6)18)10(19)7-4-8(17-16-7)11(13,14)15/h1-4,18H,(H,16,17). The molecule has 2 aromatic rings. The van der Waals surface area contributed by atoms with Crippen molar-refractivity contribution in [2.75, 3.05) is 0 Å². The Morgan fingerprint density at radius 3 is 2.63 bits per heavy atom. The van der Waals surface area contributed by atoms with E-state index in [0.29, 0.717) is 6.07 Å². The minimum Gasteiger partial charge on any atom is -0.506 e. The Labute approximate surface area is 113 Å². The Balaban J connectivity index is 2.40. The fourth-order valence-electron chi connectivity index (χ4n) is 1.42. The Morgan fingerprint density at radius 1 is 1.37 bits per heavy atom. The zero-order valence-electron chi connectivity index (χ0n) is 9.12. The fourth-order valence-corrected chi connectivity index (χ4v) is 1.79. The van der Waals surface area contributed by atoms with E-state index in [0.717, 1.165) is 0 Å². The molecule has 2 rings (SSSR count). The molecule has 0 bridgehead atoms. The maximum atomic E-state index is 12.4. The molecule has 1 heterocycles. The number of ketones is 1. The largest absolute Gasteiger partial charge is 0.506 e. The first-order chi connectivity index (χ1) is 8.80. The van der Waals surface area contributed by atoms with Crippen LogP contribution in [-0.4, -0.2) is 21.1 Å². The second-order valence-electron chi connectivity index (χ2n) is 3.63. The summed E-state index contributed by atoms with van der Waals surface area (Å²) in [7, 11) is 0. The summed E-state index contributed by atoms with van der Waals surface area (Å²) >= 11 is 3.01. The topological polar surface area (TPSA) is 66.0 Å². The number of hydrogen-bond acceptors (Lipinski definition) is 3. The number of aromatic nitrogens is 2. The summed E-state index contributed by atoms with van der Waals surface area (Å²) in [6.45, 7) is 0. The first-order valence-corrected chi connectivity index (χ1v) is 5.75. The number of nitrogens with zero attached hydrogens (tertiary/aromatic N) is 1. The number of aromatic amines is 1. The van der Waals surface area contributed by atoms with Crippen molar-refractivity contribution in [3.05, 3.63) is 45.7 Å². The molecular formula is C11H6BrF3N2O2. The highest BCUT2D eigenvalue weighted by Crippen LogP contribution is 2.31. The number of H-pyrrole nitrogens is 1. The first-order valence-electron chi connectivity index (χ1n) is 4.95. The van der Waals surface area contributed by atoms with E-state index >= 15 is 0 Å². The van der Waals surface area contributed by atoms with Gasteiger partial charge in [-0.15, -0.1) is 0 Å². The van der Waals surface area contributed by atoms with Crippen LogP contribution in [0.15, 0.2) is 28.7 Å². The van der Waals surface area contributed by atoms with Crippen molar-refractivity contribution in [3.8, 4) is 5.75 Å². The number of phenolic OH excluding ortho intramolecular Hbond substituents is 1. The summed E-state index contributed by atoms with van der Waals surface area (Å²) in [6.07, 6.45) is -4.61. The van der Waals surface area contributed by atoms with Gasteiger partial charge in [0.1, 0.15) is 17.1 Å². The second kappa shape index (κ2) is 4.69. The van der Waals surface area contributed by atoms with E-state index in [1.165, 1.54) is 18.2 Å². The van der Waals surface area contributed by atoms with Crippen LogP contribution in [0.1, 0.15) is 21.7 Å². The Hall–Kier alpha value is -1.83. The van der Waals surface area contributed by atoms with Crippen LogP contribution in [0, 0.1) is 0 Å². The van der Waals surface area contributed by atoms with Gasteiger partial charge in [-0.05, 0) is 34.1 Å². The predicted molar refractivity (Wildman–Crippen MR) is 62.8 cm³/mol. The summed E-state index contributed by atoms with van der Waals surface area (Å²) in [6, 6.07) is 4.87. The molecule has 0 spiro atoms. The minimum absolute atomic E-state index is 0.130. The highest BCUT2D eigenvalue weighted by atomic mass is 79.9. The molecule has 0 aliphatic rings. The van der Waals surface area contributed by atoms with E-state index in [4.69, 9.17) is 0 Å². The average molecular weight is 335 g/mol. The normalized spacial score (nSPS) is 11.6. The molecule has 19 heavy (non-hydrogen) atoms. The van der Waals surface area contributed by atoms with Crippen molar-refractivity contribution in [2.45, 2.75) is 6.18 Å².